The van der Waals surface area contributed by atoms with Crippen LogP contribution in [0.15, 0.2) is 18.2 Å². The number of aliphatic hydroxyl groups excluding tert-OH is 1. The van der Waals surface area contributed by atoms with Gasteiger partial charge in [0.2, 0.25) is 0 Å². The molecule has 1 fully saturated rings. The van der Waals surface area contributed by atoms with Crippen LogP contribution in [0.25, 0.3) is 0 Å². The summed E-state index contributed by atoms with van der Waals surface area (Å²) in [4.78, 5) is 4.61. The Balaban J connectivity index is 2.10. The number of benzene rings is 1. The Bertz CT molecular complexity index is 519. The van der Waals surface area contributed by atoms with Crippen molar-refractivity contribution < 1.29 is 9.50 Å². The molecule has 0 spiro atoms. The highest BCUT2D eigenvalue weighted by Gasteiger charge is 2.24. The van der Waals surface area contributed by atoms with E-state index in [9.17, 15) is 4.39 Å². The van der Waals surface area contributed by atoms with Gasteiger partial charge in [-0.15, -0.1) is 0 Å². The molecule has 1 aromatic carbocycles. The van der Waals surface area contributed by atoms with Crippen molar-refractivity contribution >= 4 is 0 Å². The Kier molecular flexibility index (Phi) is 5.13. The fraction of sp³-hybridized carbons (Fsp3) is 0.500. The van der Waals surface area contributed by atoms with Gasteiger partial charge in [-0.3, -0.25) is 4.90 Å². The van der Waals surface area contributed by atoms with Crippen molar-refractivity contribution in [1.29, 1.82) is 0 Å². The monoisotopic (exact) mass is 276 g/mol. The van der Waals surface area contributed by atoms with Gasteiger partial charge >= 0.3 is 0 Å². The summed E-state index contributed by atoms with van der Waals surface area (Å²) in [5.74, 6) is 5.14. The molecule has 0 aromatic heterocycles. The Morgan fingerprint density at radius 2 is 2.25 bits per heavy atom. The van der Waals surface area contributed by atoms with Gasteiger partial charge < -0.3 is 10.0 Å². The molecule has 2 rings (SSSR count). The van der Waals surface area contributed by atoms with Crippen LogP contribution in [-0.2, 0) is 6.54 Å². The Hall–Kier alpha value is -1.41. The van der Waals surface area contributed by atoms with Gasteiger partial charge in [0.1, 0.15) is 12.4 Å². The van der Waals surface area contributed by atoms with E-state index < -0.39 is 0 Å². The maximum atomic E-state index is 13.3. The molecule has 1 aliphatic heterocycles. The summed E-state index contributed by atoms with van der Waals surface area (Å²) in [6.45, 7) is 2.65. The van der Waals surface area contributed by atoms with E-state index >= 15 is 0 Å². The van der Waals surface area contributed by atoms with Gasteiger partial charge in [0.25, 0.3) is 0 Å². The quantitative estimate of drug-likeness (QED) is 0.843. The van der Waals surface area contributed by atoms with Crippen LogP contribution in [0.4, 0.5) is 4.39 Å². The maximum Gasteiger partial charge on any atom is 0.124 e. The minimum atomic E-state index is -0.288. The second kappa shape index (κ2) is 6.85. The minimum absolute atomic E-state index is 0.206. The first kappa shape index (κ1) is 15.0. The predicted octanol–water partition coefficient (Wildman–Crippen LogP) is 1.31. The molecule has 4 heteroatoms. The summed E-state index contributed by atoms with van der Waals surface area (Å²) in [5.41, 5.74) is 1.69. The van der Waals surface area contributed by atoms with E-state index in [2.05, 4.69) is 35.7 Å². The highest BCUT2D eigenvalue weighted by molar-refractivity contribution is 5.41. The van der Waals surface area contributed by atoms with Crippen molar-refractivity contribution in [1.82, 2.24) is 9.80 Å². The number of hydrogen-bond donors (Lipinski definition) is 1. The number of nitrogens with zero attached hydrogens (tertiary/aromatic N) is 2. The van der Waals surface area contributed by atoms with Gasteiger partial charge in [0.15, 0.2) is 0 Å². The minimum Gasteiger partial charge on any atom is -0.384 e. The largest absolute Gasteiger partial charge is 0.384 e. The first-order chi connectivity index (χ1) is 9.60. The summed E-state index contributed by atoms with van der Waals surface area (Å²) < 4.78 is 13.3. The zero-order chi connectivity index (χ0) is 14.5. The van der Waals surface area contributed by atoms with E-state index in [0.29, 0.717) is 11.6 Å². The van der Waals surface area contributed by atoms with E-state index in [-0.39, 0.29) is 12.4 Å². The molecule has 0 radical (unpaired) electrons. The number of rotatable bonds is 3. The molecular weight excluding hydrogens is 255 g/mol. The third-order valence-corrected chi connectivity index (χ3v) is 3.75. The average Bonchev–Trinajstić information content (AvgIpc) is 2.88. The second-order valence-electron chi connectivity index (χ2n) is 5.40. The smallest absolute Gasteiger partial charge is 0.124 e. The molecule has 1 aliphatic rings. The summed E-state index contributed by atoms with van der Waals surface area (Å²) in [6.07, 6.45) is 1.16. The lowest BCUT2D eigenvalue weighted by Gasteiger charge is -2.20. The fourth-order valence-corrected chi connectivity index (χ4v) is 2.56. The summed E-state index contributed by atoms with van der Waals surface area (Å²) >= 11 is 0. The van der Waals surface area contributed by atoms with E-state index in [0.717, 1.165) is 31.6 Å². The molecule has 1 unspecified atom stereocenters. The molecule has 0 bridgehead atoms. The van der Waals surface area contributed by atoms with Crippen molar-refractivity contribution in [3.8, 4) is 11.8 Å². The zero-order valence-electron chi connectivity index (χ0n) is 12.1. The van der Waals surface area contributed by atoms with Gasteiger partial charge in [-0.25, -0.2) is 4.39 Å². The predicted molar refractivity (Wildman–Crippen MR) is 77.7 cm³/mol. The Morgan fingerprint density at radius 1 is 1.45 bits per heavy atom. The van der Waals surface area contributed by atoms with Crippen LogP contribution in [0.2, 0.25) is 0 Å². The van der Waals surface area contributed by atoms with Gasteiger partial charge in [-0.05, 0) is 38.2 Å². The summed E-state index contributed by atoms with van der Waals surface area (Å²) in [7, 11) is 4.20. The average molecular weight is 276 g/mol. The third-order valence-electron chi connectivity index (χ3n) is 3.75. The van der Waals surface area contributed by atoms with Crippen molar-refractivity contribution in [3.63, 3.8) is 0 Å². The first-order valence-corrected chi connectivity index (χ1v) is 6.87. The van der Waals surface area contributed by atoms with Gasteiger partial charge in [-0.2, -0.15) is 0 Å². The highest BCUT2D eigenvalue weighted by atomic mass is 19.1. The fourth-order valence-electron chi connectivity index (χ4n) is 2.56. The van der Waals surface area contributed by atoms with Gasteiger partial charge in [-0.1, -0.05) is 17.9 Å². The Labute approximate surface area is 120 Å². The number of likely N-dealkylation sites (N-methyl/N-ethyl adjacent to an activating group) is 1. The number of likely N-dealkylation sites (tertiary alicyclic amines) is 1. The standard InChI is InChI=1S/C16H21FN2O/c1-18(2)16-7-8-19(12-16)11-14-5-6-15(17)10-13(14)4-3-9-20/h5-6,10,16,20H,7-9,11-12H2,1-2H3. The van der Waals surface area contributed by atoms with Gasteiger partial charge in [0, 0.05) is 31.2 Å². The van der Waals surface area contributed by atoms with Crippen LogP contribution >= 0.6 is 0 Å². The summed E-state index contributed by atoms with van der Waals surface area (Å²) in [5, 5.41) is 8.78. The van der Waals surface area contributed by atoms with Crippen LogP contribution in [-0.4, -0.2) is 54.7 Å². The van der Waals surface area contributed by atoms with Crippen LogP contribution in [0.3, 0.4) is 0 Å². The van der Waals surface area contributed by atoms with Crippen LogP contribution < -0.4 is 0 Å². The summed E-state index contributed by atoms with van der Waals surface area (Å²) in [6, 6.07) is 5.29. The lowest BCUT2D eigenvalue weighted by Crippen LogP contribution is -2.31. The molecule has 1 N–H and O–H groups in total. The Morgan fingerprint density at radius 3 is 2.90 bits per heavy atom. The number of aliphatic hydroxyl groups is 1. The van der Waals surface area contributed by atoms with E-state index in [4.69, 9.17) is 5.11 Å². The zero-order valence-corrected chi connectivity index (χ0v) is 12.1. The molecule has 108 valence electrons. The third kappa shape index (κ3) is 3.80. The van der Waals surface area contributed by atoms with Crippen molar-refractivity contribution in [2.24, 2.45) is 0 Å². The molecule has 0 aliphatic carbocycles. The molecule has 0 amide bonds. The van der Waals surface area contributed by atoms with Crippen molar-refractivity contribution in [3.05, 3.63) is 35.1 Å². The van der Waals surface area contributed by atoms with Crippen molar-refractivity contribution in [2.45, 2.75) is 19.0 Å². The maximum absolute atomic E-state index is 13.3. The van der Waals surface area contributed by atoms with Crippen LogP contribution in [0.1, 0.15) is 17.5 Å². The van der Waals surface area contributed by atoms with Crippen LogP contribution in [0.5, 0.6) is 0 Å². The van der Waals surface area contributed by atoms with Crippen molar-refractivity contribution in [2.75, 3.05) is 33.8 Å². The number of hydrogen-bond acceptors (Lipinski definition) is 3. The van der Waals surface area contributed by atoms with Crippen LogP contribution in [0, 0.1) is 17.7 Å². The lowest BCUT2D eigenvalue weighted by atomic mass is 10.1. The molecule has 3 nitrogen and oxygen atoms in total. The lowest BCUT2D eigenvalue weighted by molar-refractivity contribution is 0.264. The molecule has 0 saturated carbocycles. The van der Waals surface area contributed by atoms with E-state index in [1.165, 1.54) is 12.1 Å². The first-order valence-electron chi connectivity index (χ1n) is 6.87. The molecule has 1 saturated heterocycles. The SMILES string of the molecule is CN(C)C1CCN(Cc2ccc(F)cc2C#CCO)C1. The molecule has 1 aromatic rings. The topological polar surface area (TPSA) is 26.7 Å². The molecule has 1 heterocycles. The highest BCUT2D eigenvalue weighted by Crippen LogP contribution is 2.19. The van der Waals surface area contributed by atoms with Gasteiger partial charge in [0.05, 0.1) is 0 Å². The molecule has 1 atom stereocenters. The molecular formula is C16H21FN2O. The number of halogens is 1. The second-order valence-corrected chi connectivity index (χ2v) is 5.40. The van der Waals surface area contributed by atoms with E-state index in [1.54, 1.807) is 6.07 Å². The normalized spacial score (nSPS) is 19.1. The van der Waals surface area contributed by atoms with E-state index in [1.807, 2.05) is 0 Å². The molecule has 20 heavy (non-hydrogen) atoms.